The third-order valence-electron chi connectivity index (χ3n) is 6.74. The van der Waals surface area contributed by atoms with Crippen molar-refractivity contribution in [2.24, 2.45) is 0 Å². The van der Waals surface area contributed by atoms with Crippen LogP contribution in [0.15, 0.2) is 48.7 Å². The Labute approximate surface area is 206 Å². The van der Waals surface area contributed by atoms with Gasteiger partial charge in [-0.2, -0.15) is 0 Å². The van der Waals surface area contributed by atoms with Gasteiger partial charge < -0.3 is 15.2 Å². The Morgan fingerprint density at radius 2 is 1.94 bits per heavy atom. The Morgan fingerprint density at radius 1 is 1.09 bits per heavy atom. The Balaban J connectivity index is 1.47. The first-order valence-corrected chi connectivity index (χ1v) is 12.5. The summed E-state index contributed by atoms with van der Waals surface area (Å²) in [6.07, 6.45) is 2.99. The number of likely N-dealkylation sites (tertiary alicyclic amines) is 1. The molecule has 1 fully saturated rings. The largest absolute Gasteiger partial charge is 0.486 e. The maximum Gasteiger partial charge on any atom is 0.187 e. The van der Waals surface area contributed by atoms with Crippen LogP contribution in [-0.2, 0) is 0 Å². The van der Waals surface area contributed by atoms with E-state index in [1.807, 2.05) is 47.7 Å². The summed E-state index contributed by atoms with van der Waals surface area (Å²) < 4.78 is 7.94. The minimum Gasteiger partial charge on any atom is -0.486 e. The molecule has 0 bridgehead atoms. The van der Waals surface area contributed by atoms with Gasteiger partial charge in [-0.25, -0.2) is 4.98 Å². The third-order valence-corrected chi connectivity index (χ3v) is 6.74. The van der Waals surface area contributed by atoms with Crippen LogP contribution in [0.5, 0.6) is 5.75 Å². The second-order valence-electron chi connectivity index (χ2n) is 9.83. The van der Waals surface area contributed by atoms with Gasteiger partial charge in [0.15, 0.2) is 11.5 Å². The van der Waals surface area contributed by atoms with E-state index in [0.29, 0.717) is 23.7 Å². The maximum absolute atomic E-state index is 9.42. The number of nitrogens with zero attached hydrogens (tertiary/aromatic N) is 5. The van der Waals surface area contributed by atoms with E-state index in [4.69, 9.17) is 9.72 Å². The molecule has 3 atom stereocenters. The molecule has 35 heavy (non-hydrogen) atoms. The topological polar surface area (TPSA) is 87.8 Å². The van der Waals surface area contributed by atoms with Gasteiger partial charge in [-0.15, -0.1) is 10.2 Å². The van der Waals surface area contributed by atoms with Gasteiger partial charge >= 0.3 is 0 Å². The molecule has 4 heterocycles. The van der Waals surface area contributed by atoms with E-state index < -0.39 is 0 Å². The van der Waals surface area contributed by atoms with E-state index in [-0.39, 0.29) is 18.8 Å². The molecule has 0 spiro atoms. The lowest BCUT2D eigenvalue weighted by Gasteiger charge is -2.25. The summed E-state index contributed by atoms with van der Waals surface area (Å²) in [5.74, 6) is 1.34. The molecule has 8 heteroatoms. The van der Waals surface area contributed by atoms with Gasteiger partial charge in [0.2, 0.25) is 0 Å². The molecular formula is C27H34N6O2. The number of rotatable bonds is 8. The van der Waals surface area contributed by atoms with Crippen LogP contribution in [-0.4, -0.2) is 67.5 Å². The molecule has 1 aromatic carbocycles. The zero-order chi connectivity index (χ0) is 24.5. The molecule has 8 nitrogen and oxygen atoms in total. The number of aliphatic hydroxyl groups excluding tert-OH is 1. The molecule has 184 valence electrons. The quantitative estimate of drug-likeness (QED) is 0.401. The van der Waals surface area contributed by atoms with Gasteiger partial charge in [0, 0.05) is 42.8 Å². The van der Waals surface area contributed by atoms with Crippen LogP contribution in [0.1, 0.15) is 45.7 Å². The Morgan fingerprint density at radius 3 is 2.74 bits per heavy atom. The monoisotopic (exact) mass is 474 g/mol. The van der Waals surface area contributed by atoms with E-state index in [2.05, 4.69) is 53.4 Å². The second kappa shape index (κ2) is 9.89. The first kappa shape index (κ1) is 23.7. The molecule has 0 radical (unpaired) electrons. The highest BCUT2D eigenvalue weighted by atomic mass is 16.5. The van der Waals surface area contributed by atoms with Crippen LogP contribution in [0.25, 0.3) is 28.1 Å². The van der Waals surface area contributed by atoms with Crippen molar-refractivity contribution < 1.29 is 9.84 Å². The number of aliphatic hydroxyl groups is 1. The van der Waals surface area contributed by atoms with Crippen molar-refractivity contribution in [3.8, 4) is 17.3 Å². The lowest BCUT2D eigenvalue weighted by Crippen LogP contribution is -2.37. The highest BCUT2D eigenvalue weighted by Gasteiger charge is 2.27. The van der Waals surface area contributed by atoms with Crippen LogP contribution in [0.2, 0.25) is 0 Å². The SMILES string of the molecule is CC(C)N[C@H]1CCN([C@@H](C)c2ccc3nnc(-c4ccc5cccc(O[C@H](C)CO)c5n4)n3c2)C1. The number of benzene rings is 1. The predicted molar refractivity (Wildman–Crippen MR) is 138 cm³/mol. The first-order valence-electron chi connectivity index (χ1n) is 12.5. The van der Waals surface area contributed by atoms with E-state index in [9.17, 15) is 5.11 Å². The highest BCUT2D eigenvalue weighted by Crippen LogP contribution is 2.29. The predicted octanol–water partition coefficient (Wildman–Crippen LogP) is 3.84. The molecule has 0 unspecified atom stereocenters. The summed E-state index contributed by atoms with van der Waals surface area (Å²) in [5, 5.41) is 22.9. The van der Waals surface area contributed by atoms with Gasteiger partial charge in [0.05, 0.1) is 6.61 Å². The van der Waals surface area contributed by atoms with Crippen LogP contribution in [0.3, 0.4) is 0 Å². The fourth-order valence-electron chi connectivity index (χ4n) is 4.88. The van der Waals surface area contributed by atoms with E-state index in [1.54, 1.807) is 0 Å². The fourth-order valence-corrected chi connectivity index (χ4v) is 4.88. The molecule has 1 aliphatic heterocycles. The highest BCUT2D eigenvalue weighted by molar-refractivity contribution is 5.86. The van der Waals surface area contributed by atoms with Crippen LogP contribution in [0.4, 0.5) is 0 Å². The number of hydrogen-bond donors (Lipinski definition) is 2. The van der Waals surface area contributed by atoms with Gasteiger partial charge in [-0.05, 0) is 44.0 Å². The van der Waals surface area contributed by atoms with Gasteiger partial charge in [0.1, 0.15) is 23.1 Å². The zero-order valence-electron chi connectivity index (χ0n) is 20.8. The van der Waals surface area contributed by atoms with Crippen molar-refractivity contribution in [2.75, 3.05) is 19.7 Å². The maximum atomic E-state index is 9.42. The molecule has 3 aromatic heterocycles. The molecule has 5 rings (SSSR count). The molecule has 2 N–H and O–H groups in total. The van der Waals surface area contributed by atoms with E-state index >= 15 is 0 Å². The number of ether oxygens (including phenoxy) is 1. The fraction of sp³-hybridized carbons (Fsp3) is 0.444. The van der Waals surface area contributed by atoms with Gasteiger partial charge in [-0.3, -0.25) is 9.30 Å². The molecule has 0 aliphatic carbocycles. The minimum absolute atomic E-state index is 0.0584. The molecule has 4 aromatic rings. The first-order chi connectivity index (χ1) is 16.9. The normalized spacial score (nSPS) is 18.5. The van der Waals surface area contributed by atoms with E-state index in [0.717, 1.165) is 35.3 Å². The molecule has 1 saturated heterocycles. The average Bonchev–Trinajstić information content (AvgIpc) is 3.49. The Hall–Kier alpha value is -3.07. The molecule has 0 amide bonds. The third kappa shape index (κ3) is 4.87. The van der Waals surface area contributed by atoms with Crippen LogP contribution >= 0.6 is 0 Å². The van der Waals surface area contributed by atoms with Crippen molar-refractivity contribution in [3.05, 3.63) is 54.2 Å². The number of para-hydroxylation sites is 1. The van der Waals surface area contributed by atoms with Gasteiger partial charge in [0.25, 0.3) is 0 Å². The minimum atomic E-state index is -0.315. The average molecular weight is 475 g/mol. The van der Waals surface area contributed by atoms with Crippen molar-refractivity contribution in [1.82, 2.24) is 29.8 Å². The van der Waals surface area contributed by atoms with Gasteiger partial charge in [-0.1, -0.05) is 38.1 Å². The zero-order valence-corrected chi connectivity index (χ0v) is 20.8. The number of pyridine rings is 2. The molecule has 1 aliphatic rings. The number of nitrogens with one attached hydrogen (secondary N) is 1. The molecule has 0 saturated carbocycles. The van der Waals surface area contributed by atoms with E-state index in [1.165, 1.54) is 12.0 Å². The van der Waals surface area contributed by atoms with Crippen molar-refractivity contribution in [1.29, 1.82) is 0 Å². The summed E-state index contributed by atoms with van der Waals surface area (Å²) in [6.45, 7) is 10.6. The summed E-state index contributed by atoms with van der Waals surface area (Å²) >= 11 is 0. The van der Waals surface area contributed by atoms with Crippen molar-refractivity contribution in [3.63, 3.8) is 0 Å². The Kier molecular flexibility index (Phi) is 6.69. The van der Waals surface area contributed by atoms with Crippen molar-refractivity contribution >= 4 is 16.6 Å². The number of hydrogen-bond acceptors (Lipinski definition) is 7. The summed E-state index contributed by atoms with van der Waals surface area (Å²) in [5.41, 5.74) is 3.49. The number of aromatic nitrogens is 4. The summed E-state index contributed by atoms with van der Waals surface area (Å²) in [4.78, 5) is 7.43. The summed E-state index contributed by atoms with van der Waals surface area (Å²) in [6, 6.07) is 15.3. The smallest absolute Gasteiger partial charge is 0.187 e. The second-order valence-corrected chi connectivity index (χ2v) is 9.83. The summed E-state index contributed by atoms with van der Waals surface area (Å²) in [7, 11) is 0. The van der Waals surface area contributed by atoms with Crippen LogP contribution < -0.4 is 10.1 Å². The van der Waals surface area contributed by atoms with Crippen LogP contribution in [0, 0.1) is 0 Å². The van der Waals surface area contributed by atoms with Crippen molar-refractivity contribution in [2.45, 2.75) is 58.3 Å². The molecular weight excluding hydrogens is 440 g/mol. The standard InChI is InChI=1S/C27H34N6O2/c1-17(2)28-22-12-13-32(15-22)19(4)21-9-11-25-30-31-27(33(25)14-21)23-10-8-20-6-5-7-24(26(20)29-23)35-18(3)16-34/h5-11,14,17-19,22,28,34H,12-13,15-16H2,1-4H3/t18-,19+,22+/m1/s1. The Bertz CT molecular complexity index is 1320. The lowest BCUT2D eigenvalue weighted by molar-refractivity contribution is 0.131. The lowest BCUT2D eigenvalue weighted by atomic mass is 10.1. The number of fused-ring (bicyclic) bond motifs is 2.